The predicted molar refractivity (Wildman–Crippen MR) is 89.7 cm³/mol. The monoisotopic (exact) mass is 291 g/mol. The van der Waals surface area contributed by atoms with Gasteiger partial charge in [-0.05, 0) is 51.0 Å². The molecule has 0 aromatic heterocycles. The third-order valence-corrected chi connectivity index (χ3v) is 4.05. The second-order valence-corrected chi connectivity index (χ2v) is 6.24. The summed E-state index contributed by atoms with van der Waals surface area (Å²) in [4.78, 5) is 0. The summed E-state index contributed by atoms with van der Waals surface area (Å²) in [6, 6.07) is 8.41. The minimum atomic E-state index is -0.129. The standard InChI is InChI=1S/C16H25N3S/c1-4-5-6-7-12-16(3)17-15(20)19(18-16)14-10-8-13(2)9-11-14/h8-11,18H,4-7,12H2,1-3H3,(H,17,20)/t16-/m1/s1. The average Bonchev–Trinajstić information content (AvgIpc) is 2.72. The maximum atomic E-state index is 5.46. The molecule has 0 radical (unpaired) electrons. The molecule has 1 aliphatic heterocycles. The molecule has 20 heavy (non-hydrogen) atoms. The highest BCUT2D eigenvalue weighted by Gasteiger charge is 2.35. The van der Waals surface area contributed by atoms with Crippen molar-refractivity contribution >= 4 is 23.0 Å². The third kappa shape index (κ3) is 3.70. The zero-order chi connectivity index (χ0) is 14.6. The Morgan fingerprint density at radius 3 is 2.50 bits per heavy atom. The molecule has 2 N–H and O–H groups in total. The van der Waals surface area contributed by atoms with Gasteiger partial charge in [0.15, 0.2) is 5.11 Å². The van der Waals surface area contributed by atoms with E-state index in [2.05, 4.69) is 55.8 Å². The van der Waals surface area contributed by atoms with Crippen LogP contribution in [0.3, 0.4) is 0 Å². The highest BCUT2D eigenvalue weighted by molar-refractivity contribution is 7.80. The predicted octanol–water partition coefficient (Wildman–Crippen LogP) is 3.88. The fraction of sp³-hybridized carbons (Fsp3) is 0.562. The molecule has 0 amide bonds. The summed E-state index contributed by atoms with van der Waals surface area (Å²) in [6.07, 6.45) is 6.16. The van der Waals surface area contributed by atoms with Crippen molar-refractivity contribution in [2.45, 2.75) is 58.5 Å². The van der Waals surface area contributed by atoms with Gasteiger partial charge >= 0.3 is 0 Å². The SMILES string of the molecule is CCCCCC[C@]1(C)NC(=S)N(c2ccc(C)cc2)N1. The van der Waals surface area contributed by atoms with Crippen molar-refractivity contribution in [2.75, 3.05) is 5.01 Å². The lowest BCUT2D eigenvalue weighted by Crippen LogP contribution is -2.48. The molecule has 1 aromatic rings. The number of nitrogens with zero attached hydrogens (tertiary/aromatic N) is 1. The van der Waals surface area contributed by atoms with E-state index in [1.54, 1.807) is 0 Å². The molecule has 110 valence electrons. The van der Waals surface area contributed by atoms with E-state index < -0.39 is 0 Å². The molecule has 0 saturated carbocycles. The van der Waals surface area contributed by atoms with Gasteiger partial charge in [0.05, 0.1) is 5.69 Å². The van der Waals surface area contributed by atoms with E-state index >= 15 is 0 Å². The van der Waals surface area contributed by atoms with Gasteiger partial charge in [0.1, 0.15) is 5.66 Å². The van der Waals surface area contributed by atoms with Crippen molar-refractivity contribution in [3.63, 3.8) is 0 Å². The van der Waals surface area contributed by atoms with Crippen LogP contribution in [-0.4, -0.2) is 10.8 Å². The molecular weight excluding hydrogens is 266 g/mol. The molecule has 1 atom stereocenters. The van der Waals surface area contributed by atoms with Crippen LogP contribution in [0.5, 0.6) is 0 Å². The molecule has 0 aliphatic carbocycles. The fourth-order valence-electron chi connectivity index (χ4n) is 2.52. The molecule has 3 nitrogen and oxygen atoms in total. The zero-order valence-corrected chi connectivity index (χ0v) is 13.5. The van der Waals surface area contributed by atoms with Crippen LogP contribution >= 0.6 is 12.2 Å². The van der Waals surface area contributed by atoms with E-state index in [9.17, 15) is 0 Å². The first kappa shape index (κ1) is 15.3. The van der Waals surface area contributed by atoms with Crippen LogP contribution in [0.25, 0.3) is 0 Å². The van der Waals surface area contributed by atoms with Crippen molar-refractivity contribution in [2.24, 2.45) is 0 Å². The minimum absolute atomic E-state index is 0.129. The van der Waals surface area contributed by atoms with Gasteiger partial charge in [0, 0.05) is 0 Å². The maximum Gasteiger partial charge on any atom is 0.189 e. The summed E-state index contributed by atoms with van der Waals surface area (Å²) in [5, 5.41) is 6.15. The van der Waals surface area contributed by atoms with Crippen LogP contribution in [0.1, 0.15) is 51.5 Å². The number of nitrogens with one attached hydrogen (secondary N) is 2. The number of benzene rings is 1. The van der Waals surface area contributed by atoms with E-state index in [0.717, 1.165) is 17.2 Å². The van der Waals surface area contributed by atoms with Gasteiger partial charge in [0.25, 0.3) is 0 Å². The summed E-state index contributed by atoms with van der Waals surface area (Å²) in [6.45, 7) is 6.51. The molecule has 1 fully saturated rings. The highest BCUT2D eigenvalue weighted by atomic mass is 32.1. The van der Waals surface area contributed by atoms with Crippen molar-refractivity contribution in [1.29, 1.82) is 0 Å². The largest absolute Gasteiger partial charge is 0.342 e. The molecule has 1 saturated heterocycles. The molecule has 2 rings (SSSR count). The lowest BCUT2D eigenvalue weighted by Gasteiger charge is -2.25. The van der Waals surface area contributed by atoms with Gasteiger partial charge in [-0.15, -0.1) is 0 Å². The third-order valence-electron chi connectivity index (χ3n) is 3.77. The topological polar surface area (TPSA) is 27.3 Å². The van der Waals surface area contributed by atoms with Crippen molar-refractivity contribution < 1.29 is 0 Å². The number of hydrogen-bond donors (Lipinski definition) is 2. The summed E-state index contributed by atoms with van der Waals surface area (Å²) >= 11 is 5.46. The zero-order valence-electron chi connectivity index (χ0n) is 12.7. The molecule has 0 unspecified atom stereocenters. The van der Waals surface area contributed by atoms with Gasteiger partial charge in [-0.25, -0.2) is 5.43 Å². The van der Waals surface area contributed by atoms with Crippen LogP contribution in [-0.2, 0) is 0 Å². The Morgan fingerprint density at radius 1 is 1.15 bits per heavy atom. The van der Waals surface area contributed by atoms with Crippen LogP contribution in [0.15, 0.2) is 24.3 Å². The van der Waals surface area contributed by atoms with Crippen LogP contribution in [0.4, 0.5) is 5.69 Å². The Morgan fingerprint density at radius 2 is 1.85 bits per heavy atom. The van der Waals surface area contributed by atoms with Gasteiger partial charge < -0.3 is 5.32 Å². The van der Waals surface area contributed by atoms with Crippen LogP contribution in [0.2, 0.25) is 0 Å². The van der Waals surface area contributed by atoms with Crippen LogP contribution < -0.4 is 15.8 Å². The highest BCUT2D eigenvalue weighted by Crippen LogP contribution is 2.23. The van der Waals surface area contributed by atoms with Crippen LogP contribution in [0, 0.1) is 6.92 Å². The Labute approximate surface area is 127 Å². The molecule has 1 aliphatic rings. The van der Waals surface area contributed by atoms with Gasteiger partial charge in [-0.1, -0.05) is 43.9 Å². The average molecular weight is 291 g/mol. The lowest BCUT2D eigenvalue weighted by atomic mass is 10.0. The molecule has 0 bridgehead atoms. The van der Waals surface area contributed by atoms with E-state index in [4.69, 9.17) is 12.2 Å². The van der Waals surface area contributed by atoms with E-state index in [0.29, 0.717) is 0 Å². The summed E-state index contributed by atoms with van der Waals surface area (Å²) in [7, 11) is 0. The number of thiocarbonyl (C=S) groups is 1. The first-order valence-electron chi connectivity index (χ1n) is 7.51. The molecule has 0 spiro atoms. The van der Waals surface area contributed by atoms with Gasteiger partial charge in [-0.3, -0.25) is 5.01 Å². The molecule has 1 heterocycles. The summed E-state index contributed by atoms with van der Waals surface area (Å²) in [5.74, 6) is 0. The Kier molecular flexibility index (Phi) is 5.00. The number of hydrogen-bond acceptors (Lipinski definition) is 2. The number of aryl methyl sites for hydroxylation is 1. The van der Waals surface area contributed by atoms with E-state index in [-0.39, 0.29) is 5.66 Å². The number of rotatable bonds is 6. The maximum absolute atomic E-state index is 5.46. The molecule has 1 aromatic carbocycles. The fourth-order valence-corrected chi connectivity index (χ4v) is 2.89. The van der Waals surface area contributed by atoms with Crippen molar-refractivity contribution in [1.82, 2.24) is 10.7 Å². The minimum Gasteiger partial charge on any atom is -0.342 e. The Balaban J connectivity index is 1.97. The second-order valence-electron chi connectivity index (χ2n) is 5.86. The van der Waals surface area contributed by atoms with Crippen molar-refractivity contribution in [3.05, 3.63) is 29.8 Å². The quantitative estimate of drug-likeness (QED) is 0.614. The second kappa shape index (κ2) is 6.55. The van der Waals surface area contributed by atoms with Crippen molar-refractivity contribution in [3.8, 4) is 0 Å². The Bertz CT molecular complexity index is 457. The summed E-state index contributed by atoms with van der Waals surface area (Å²) in [5.41, 5.74) is 5.73. The molecular formula is C16H25N3S. The first-order valence-corrected chi connectivity index (χ1v) is 7.92. The molecule has 4 heteroatoms. The van der Waals surface area contributed by atoms with E-state index in [1.165, 1.54) is 31.2 Å². The number of anilines is 1. The summed E-state index contributed by atoms with van der Waals surface area (Å²) < 4.78 is 0. The normalized spacial score (nSPS) is 22.1. The van der Waals surface area contributed by atoms with Gasteiger partial charge in [0.2, 0.25) is 0 Å². The number of unbranched alkanes of at least 4 members (excludes halogenated alkanes) is 3. The number of hydrazine groups is 1. The first-order chi connectivity index (χ1) is 9.54. The smallest absolute Gasteiger partial charge is 0.189 e. The Hall–Kier alpha value is -1.13. The lowest BCUT2D eigenvalue weighted by molar-refractivity contribution is 0.333. The van der Waals surface area contributed by atoms with Gasteiger partial charge in [-0.2, -0.15) is 0 Å². The van der Waals surface area contributed by atoms with E-state index in [1.807, 2.05) is 5.01 Å².